The molecule has 9 nitrogen and oxygen atoms in total. The van der Waals surface area contributed by atoms with Crippen molar-refractivity contribution in [2.24, 2.45) is 35.5 Å². The van der Waals surface area contributed by atoms with Gasteiger partial charge >= 0.3 is 6.18 Å². The number of piperidine rings is 4. The molecule has 6 heterocycles. The fourth-order valence-corrected chi connectivity index (χ4v) is 8.80. The number of nitriles is 1. The van der Waals surface area contributed by atoms with Crippen molar-refractivity contribution in [3.05, 3.63) is 59.7 Å². The second-order valence-corrected chi connectivity index (χ2v) is 13.0. The molecule has 0 aromatic heterocycles. The Balaban J connectivity index is 0.000000151. The third-order valence-electron chi connectivity index (χ3n) is 10.8. The van der Waals surface area contributed by atoms with Crippen LogP contribution in [0.1, 0.15) is 36.8 Å². The second-order valence-electron chi connectivity index (χ2n) is 13.0. The van der Waals surface area contributed by atoms with Gasteiger partial charge in [-0.05, 0) is 81.4 Å². The minimum atomic E-state index is -4.74. The molecule has 0 spiro atoms. The van der Waals surface area contributed by atoms with E-state index in [-0.39, 0.29) is 47.3 Å². The number of fused-ring (bicyclic) bond motifs is 4. The van der Waals surface area contributed by atoms with E-state index in [2.05, 4.69) is 10.2 Å². The van der Waals surface area contributed by atoms with Gasteiger partial charge in [-0.3, -0.25) is 19.2 Å². The summed E-state index contributed by atoms with van der Waals surface area (Å²) in [6.45, 7) is 1.60. The van der Waals surface area contributed by atoms with Crippen molar-refractivity contribution in [1.29, 1.82) is 5.26 Å². The number of benzene rings is 2. The Hall–Kier alpha value is -4.08. The number of nitrogens with one attached hydrogen (secondary N) is 1. The highest BCUT2D eigenvalue weighted by atomic mass is 19.4. The zero-order valence-corrected chi connectivity index (χ0v) is 24.5. The smallest absolute Gasteiger partial charge is 0.313 e. The number of hydrogen-bond donors (Lipinski definition) is 1. The molecule has 8 atom stereocenters. The zero-order chi connectivity index (χ0) is 31.8. The third kappa shape index (κ3) is 4.58. The van der Waals surface area contributed by atoms with Gasteiger partial charge in [-0.2, -0.15) is 18.4 Å². The molecule has 12 heteroatoms. The summed E-state index contributed by atoms with van der Waals surface area (Å²) in [5, 5.41) is 12.3. The van der Waals surface area contributed by atoms with Crippen molar-refractivity contribution in [3.63, 3.8) is 0 Å². The number of carbonyl (C=O) groups excluding carboxylic acids is 4. The summed E-state index contributed by atoms with van der Waals surface area (Å²) in [4.78, 5) is 55.4. The molecule has 2 aromatic rings. The van der Waals surface area contributed by atoms with Gasteiger partial charge in [0.15, 0.2) is 0 Å². The van der Waals surface area contributed by atoms with Gasteiger partial charge in [0.25, 0.3) is 0 Å². The van der Waals surface area contributed by atoms with Crippen molar-refractivity contribution in [3.8, 4) is 6.07 Å². The van der Waals surface area contributed by atoms with Gasteiger partial charge in [0.05, 0.1) is 52.2 Å². The molecule has 45 heavy (non-hydrogen) atoms. The summed E-state index contributed by atoms with van der Waals surface area (Å²) in [6, 6.07) is 13.9. The van der Waals surface area contributed by atoms with E-state index >= 15 is 0 Å². The fourth-order valence-electron chi connectivity index (χ4n) is 8.80. The van der Waals surface area contributed by atoms with E-state index in [0.717, 1.165) is 55.8 Å². The number of amides is 4. The first-order chi connectivity index (χ1) is 21.5. The van der Waals surface area contributed by atoms with Crippen molar-refractivity contribution >= 4 is 35.0 Å². The highest BCUT2D eigenvalue weighted by Gasteiger charge is 2.60. The molecule has 4 unspecified atom stereocenters. The van der Waals surface area contributed by atoms with Gasteiger partial charge in [0.1, 0.15) is 0 Å². The highest BCUT2D eigenvalue weighted by molar-refractivity contribution is 6.23. The lowest BCUT2D eigenvalue weighted by Crippen LogP contribution is -2.56. The van der Waals surface area contributed by atoms with Crippen LogP contribution in [0.25, 0.3) is 0 Å². The maximum Gasteiger partial charge on any atom is 0.417 e. The summed E-state index contributed by atoms with van der Waals surface area (Å²) in [7, 11) is 1.91. The fraction of sp³-hybridized carbons (Fsp3) is 0.485. The third-order valence-corrected chi connectivity index (χ3v) is 10.8. The van der Waals surface area contributed by atoms with Gasteiger partial charge in [-0.15, -0.1) is 0 Å². The van der Waals surface area contributed by atoms with Crippen LogP contribution in [0.5, 0.6) is 0 Å². The minimum absolute atomic E-state index is 0.0110. The van der Waals surface area contributed by atoms with Crippen molar-refractivity contribution in [1.82, 2.24) is 10.2 Å². The number of para-hydroxylation sites is 1. The summed E-state index contributed by atoms with van der Waals surface area (Å²) >= 11 is 0. The largest absolute Gasteiger partial charge is 0.417 e. The van der Waals surface area contributed by atoms with E-state index in [1.54, 1.807) is 0 Å². The number of carbonyl (C=O) groups is 4. The topological polar surface area (TPSA) is 114 Å². The average molecular weight is 620 g/mol. The first-order valence-electron chi connectivity index (χ1n) is 15.4. The number of anilines is 2. The van der Waals surface area contributed by atoms with Crippen LogP contribution in [-0.4, -0.2) is 60.7 Å². The number of rotatable bonds is 2. The molecule has 2 aliphatic carbocycles. The molecular formula is C33H32F3N5O4. The Labute approximate surface area is 257 Å². The van der Waals surface area contributed by atoms with Crippen LogP contribution >= 0.6 is 0 Å². The van der Waals surface area contributed by atoms with Crippen molar-refractivity contribution in [2.75, 3.05) is 29.9 Å². The predicted molar refractivity (Wildman–Crippen MR) is 155 cm³/mol. The van der Waals surface area contributed by atoms with Crippen LogP contribution in [0.3, 0.4) is 0 Å². The van der Waals surface area contributed by atoms with Crippen LogP contribution in [0.15, 0.2) is 48.5 Å². The molecule has 1 N–H and O–H groups in total. The summed E-state index contributed by atoms with van der Waals surface area (Å²) < 4.78 is 39.7. The molecule has 8 aliphatic rings. The SMILES string of the molecule is CN1CC2CCC1[C@H]1C(=O)N(c3ccc(C#N)c(C(F)(F)F)c3)C(=O)[C@@H]21.O=C1[C@@H]2C3CCC(CN3)[C@@H]2C(=O)N1c1ccccc1. The second kappa shape index (κ2) is 10.8. The number of nitrogens with zero attached hydrogens (tertiary/aromatic N) is 4. The van der Waals surface area contributed by atoms with Gasteiger partial charge < -0.3 is 10.2 Å². The van der Waals surface area contributed by atoms with E-state index in [0.29, 0.717) is 11.6 Å². The van der Waals surface area contributed by atoms with Crippen LogP contribution < -0.4 is 15.1 Å². The van der Waals surface area contributed by atoms with E-state index in [4.69, 9.17) is 5.26 Å². The van der Waals surface area contributed by atoms with Gasteiger partial charge in [0.2, 0.25) is 23.6 Å². The maximum atomic E-state index is 13.2. The summed E-state index contributed by atoms with van der Waals surface area (Å²) in [6.07, 6.45) is -0.979. The zero-order valence-electron chi connectivity index (χ0n) is 24.5. The lowest BCUT2D eigenvalue weighted by atomic mass is 9.66. The van der Waals surface area contributed by atoms with Crippen LogP contribution in [0, 0.1) is 46.8 Å². The van der Waals surface area contributed by atoms with Gasteiger partial charge in [-0.1, -0.05) is 18.2 Å². The van der Waals surface area contributed by atoms with Crippen molar-refractivity contribution < 1.29 is 32.3 Å². The van der Waals surface area contributed by atoms with Crippen LogP contribution in [-0.2, 0) is 25.4 Å². The normalized spacial score (nSPS) is 33.6. The number of alkyl halides is 3. The predicted octanol–water partition coefficient (Wildman–Crippen LogP) is 3.58. The molecule has 0 radical (unpaired) electrons. The molecule has 6 saturated heterocycles. The van der Waals surface area contributed by atoms with E-state index in [9.17, 15) is 32.3 Å². The molecule has 10 rings (SSSR count). The number of halogens is 3. The van der Waals surface area contributed by atoms with E-state index in [1.165, 1.54) is 17.0 Å². The standard InChI is InChI=1S/C18H16F3N3O2.C15H16N2O2/c1-23-8-10-3-5-13(23)15-14(10)16(25)24(17(15)26)11-4-2-9(7-22)12(6-11)18(19,20)21;18-14-12-9-6-7-11(16-8-9)13(12)15(19)17(14)10-4-2-1-3-5-10/h2,4,6,10,13-15H,3,5,8H2,1H3;1-5,9,11-13,16H,6-8H2/t10?,13?,14-,15+;9?,11?,12-,13+/m00/s1. The molecule has 6 aliphatic heterocycles. The minimum Gasteiger partial charge on any atom is -0.313 e. The Bertz CT molecular complexity index is 1590. The van der Waals surface area contributed by atoms with E-state index in [1.807, 2.05) is 37.4 Å². The van der Waals surface area contributed by atoms with Gasteiger partial charge in [-0.25, -0.2) is 9.80 Å². The molecule has 4 amide bonds. The molecule has 4 bridgehead atoms. The van der Waals surface area contributed by atoms with Crippen molar-refractivity contribution in [2.45, 2.75) is 43.9 Å². The number of imide groups is 2. The lowest BCUT2D eigenvalue weighted by Gasteiger charge is -2.48. The summed E-state index contributed by atoms with van der Waals surface area (Å²) in [5.41, 5.74) is -1.06. The first-order valence-corrected chi connectivity index (χ1v) is 15.4. The molecular weight excluding hydrogens is 587 g/mol. The first kappa shape index (κ1) is 29.6. The van der Waals surface area contributed by atoms with Gasteiger partial charge in [0, 0.05) is 18.6 Å². The molecule has 8 fully saturated rings. The maximum absolute atomic E-state index is 13.2. The molecule has 2 saturated carbocycles. The lowest BCUT2D eigenvalue weighted by molar-refractivity contribution is -0.138. The molecule has 234 valence electrons. The Kier molecular flexibility index (Phi) is 7.09. The van der Waals surface area contributed by atoms with E-state index < -0.39 is 41.0 Å². The number of hydrogen-bond acceptors (Lipinski definition) is 7. The van der Waals surface area contributed by atoms with Crippen LogP contribution in [0.2, 0.25) is 0 Å². The quantitative estimate of drug-likeness (QED) is 0.512. The average Bonchev–Trinajstić information content (AvgIpc) is 3.48. The Morgan fingerprint density at radius 3 is 2.00 bits per heavy atom. The molecule has 2 aromatic carbocycles. The summed E-state index contributed by atoms with van der Waals surface area (Å²) in [5.74, 6) is -1.64. The Morgan fingerprint density at radius 2 is 1.40 bits per heavy atom. The van der Waals surface area contributed by atoms with Crippen LogP contribution in [0.4, 0.5) is 24.5 Å². The monoisotopic (exact) mass is 619 g/mol. The highest BCUT2D eigenvalue weighted by Crippen LogP contribution is 2.49. The Morgan fingerprint density at radius 1 is 0.778 bits per heavy atom.